The van der Waals surface area contributed by atoms with Crippen LogP contribution < -0.4 is 0 Å². The Morgan fingerprint density at radius 3 is 2.19 bits per heavy atom. The van der Waals surface area contributed by atoms with Crippen LogP contribution >= 0.6 is 0 Å². The molecule has 1 N–H and O–H groups in total. The number of nitrogens with zero attached hydrogens (tertiary/aromatic N) is 1. The molecule has 2 aliphatic carbocycles. The first-order valence-electron chi connectivity index (χ1n) is 8.75. The van der Waals surface area contributed by atoms with E-state index in [1.165, 1.54) is 32.1 Å². The van der Waals surface area contributed by atoms with Gasteiger partial charge in [0.25, 0.3) is 0 Å². The van der Waals surface area contributed by atoms with Crippen molar-refractivity contribution in [3.05, 3.63) is 0 Å². The Bertz CT molecular complexity index is 355. The molecule has 0 spiro atoms. The standard InChI is InChI=1S/C18H33NO2/c1-18(2,3)13-10-11-15(17(20)21)16(12-13)19(4)14-8-6-5-7-9-14/h13-16H,5-12H2,1-4H3,(H,20,21). The van der Waals surface area contributed by atoms with Gasteiger partial charge in [0.15, 0.2) is 0 Å². The fourth-order valence-electron chi connectivity index (χ4n) is 4.43. The SMILES string of the molecule is CN(C1CCCCC1)C1CC(C(C)(C)C)CCC1C(=O)O. The molecule has 2 rings (SSSR count). The van der Waals surface area contributed by atoms with E-state index >= 15 is 0 Å². The van der Waals surface area contributed by atoms with Crippen molar-refractivity contribution in [3.63, 3.8) is 0 Å². The molecule has 3 atom stereocenters. The van der Waals surface area contributed by atoms with Gasteiger partial charge in [-0.15, -0.1) is 0 Å². The maximum Gasteiger partial charge on any atom is 0.308 e. The zero-order valence-electron chi connectivity index (χ0n) is 14.3. The van der Waals surface area contributed by atoms with Gasteiger partial charge in [0, 0.05) is 12.1 Å². The van der Waals surface area contributed by atoms with Crippen LogP contribution in [0, 0.1) is 17.3 Å². The van der Waals surface area contributed by atoms with Gasteiger partial charge in [-0.2, -0.15) is 0 Å². The molecule has 0 amide bonds. The smallest absolute Gasteiger partial charge is 0.308 e. The van der Waals surface area contributed by atoms with Crippen LogP contribution in [0.4, 0.5) is 0 Å². The van der Waals surface area contributed by atoms with Crippen molar-refractivity contribution >= 4 is 5.97 Å². The molecule has 0 aromatic heterocycles. The third-order valence-corrected chi connectivity index (χ3v) is 6.03. The van der Waals surface area contributed by atoms with E-state index in [9.17, 15) is 9.90 Å². The van der Waals surface area contributed by atoms with Crippen LogP contribution in [0.25, 0.3) is 0 Å². The maximum absolute atomic E-state index is 11.7. The second kappa shape index (κ2) is 6.68. The van der Waals surface area contributed by atoms with Gasteiger partial charge in [-0.1, -0.05) is 40.0 Å². The Labute approximate surface area is 130 Å². The zero-order chi connectivity index (χ0) is 15.6. The average Bonchev–Trinajstić information content (AvgIpc) is 2.45. The average molecular weight is 295 g/mol. The molecule has 2 fully saturated rings. The van der Waals surface area contributed by atoms with Crippen molar-refractivity contribution in [2.45, 2.75) is 84.2 Å². The Hall–Kier alpha value is -0.570. The molecule has 21 heavy (non-hydrogen) atoms. The van der Waals surface area contributed by atoms with Gasteiger partial charge in [0.1, 0.15) is 0 Å². The van der Waals surface area contributed by atoms with E-state index in [4.69, 9.17) is 0 Å². The molecule has 0 radical (unpaired) electrons. The fraction of sp³-hybridized carbons (Fsp3) is 0.944. The predicted molar refractivity (Wildman–Crippen MR) is 86.3 cm³/mol. The minimum atomic E-state index is -0.588. The van der Waals surface area contributed by atoms with Gasteiger partial charge < -0.3 is 5.11 Å². The van der Waals surface area contributed by atoms with E-state index in [1.807, 2.05) is 0 Å². The summed E-state index contributed by atoms with van der Waals surface area (Å²) in [5, 5.41) is 9.62. The largest absolute Gasteiger partial charge is 0.481 e. The molecule has 122 valence electrons. The summed E-state index contributed by atoms with van der Waals surface area (Å²) in [6, 6.07) is 0.827. The summed E-state index contributed by atoms with van der Waals surface area (Å²) in [5.41, 5.74) is 0.287. The molecule has 0 saturated heterocycles. The molecule has 3 heteroatoms. The number of carbonyl (C=O) groups is 1. The summed E-state index contributed by atoms with van der Waals surface area (Å²) in [7, 11) is 2.18. The van der Waals surface area contributed by atoms with Crippen molar-refractivity contribution in [1.82, 2.24) is 4.90 Å². The lowest BCUT2D eigenvalue weighted by Crippen LogP contribution is -2.51. The normalized spacial score (nSPS) is 32.3. The van der Waals surface area contributed by atoms with Crippen molar-refractivity contribution < 1.29 is 9.90 Å². The highest BCUT2D eigenvalue weighted by Crippen LogP contribution is 2.42. The minimum Gasteiger partial charge on any atom is -0.481 e. The van der Waals surface area contributed by atoms with E-state index in [0.29, 0.717) is 12.0 Å². The number of aliphatic carboxylic acids is 1. The van der Waals surface area contributed by atoms with Crippen LogP contribution in [0.3, 0.4) is 0 Å². The second-order valence-corrected chi connectivity index (χ2v) is 8.35. The molecule has 0 bridgehead atoms. The third kappa shape index (κ3) is 4.00. The van der Waals surface area contributed by atoms with Gasteiger partial charge in [-0.25, -0.2) is 0 Å². The van der Waals surface area contributed by atoms with Crippen LogP contribution in [-0.2, 0) is 4.79 Å². The van der Waals surface area contributed by atoms with E-state index in [-0.39, 0.29) is 17.4 Å². The van der Waals surface area contributed by atoms with E-state index in [2.05, 4.69) is 32.7 Å². The molecule has 0 aliphatic heterocycles. The molecular weight excluding hydrogens is 262 g/mol. The first kappa shape index (κ1) is 16.8. The number of carboxylic acid groups (broad SMARTS) is 1. The summed E-state index contributed by atoms with van der Waals surface area (Å²) in [6.07, 6.45) is 9.42. The monoisotopic (exact) mass is 295 g/mol. The number of rotatable bonds is 3. The number of hydrogen-bond acceptors (Lipinski definition) is 2. The van der Waals surface area contributed by atoms with Crippen molar-refractivity contribution in [3.8, 4) is 0 Å². The van der Waals surface area contributed by atoms with Crippen LogP contribution in [-0.4, -0.2) is 35.1 Å². The summed E-state index contributed by atoms with van der Waals surface area (Å²) >= 11 is 0. The molecule has 2 aliphatic rings. The molecular formula is C18H33NO2. The fourth-order valence-corrected chi connectivity index (χ4v) is 4.43. The van der Waals surface area contributed by atoms with Crippen LogP contribution in [0.2, 0.25) is 0 Å². The molecule has 0 aromatic rings. The maximum atomic E-state index is 11.7. The predicted octanol–water partition coefficient (Wildman–Crippen LogP) is 4.17. The van der Waals surface area contributed by atoms with Crippen LogP contribution in [0.1, 0.15) is 72.1 Å². The van der Waals surface area contributed by atoms with Crippen LogP contribution in [0.15, 0.2) is 0 Å². The summed E-state index contributed by atoms with van der Waals surface area (Å²) in [6.45, 7) is 6.91. The first-order valence-corrected chi connectivity index (χ1v) is 8.75. The van der Waals surface area contributed by atoms with Gasteiger partial charge in [0.2, 0.25) is 0 Å². The van der Waals surface area contributed by atoms with Crippen LogP contribution in [0.5, 0.6) is 0 Å². The van der Waals surface area contributed by atoms with Gasteiger partial charge >= 0.3 is 5.97 Å². The van der Waals surface area contributed by atoms with E-state index < -0.39 is 5.97 Å². The van der Waals surface area contributed by atoms with Gasteiger partial charge in [-0.3, -0.25) is 9.69 Å². The number of hydrogen-bond donors (Lipinski definition) is 1. The lowest BCUT2D eigenvalue weighted by atomic mass is 9.67. The molecule has 0 heterocycles. The topological polar surface area (TPSA) is 40.5 Å². The van der Waals surface area contributed by atoms with E-state index in [0.717, 1.165) is 19.3 Å². The molecule has 0 aromatic carbocycles. The third-order valence-electron chi connectivity index (χ3n) is 6.03. The Morgan fingerprint density at radius 1 is 1.05 bits per heavy atom. The highest BCUT2D eigenvalue weighted by atomic mass is 16.4. The van der Waals surface area contributed by atoms with E-state index in [1.54, 1.807) is 0 Å². The highest BCUT2D eigenvalue weighted by Gasteiger charge is 2.42. The van der Waals surface area contributed by atoms with Gasteiger partial charge in [-0.05, 0) is 50.5 Å². The Morgan fingerprint density at radius 2 is 1.67 bits per heavy atom. The lowest BCUT2D eigenvalue weighted by molar-refractivity contribution is -0.147. The molecule has 2 saturated carbocycles. The van der Waals surface area contributed by atoms with Crippen molar-refractivity contribution in [2.75, 3.05) is 7.05 Å². The quantitative estimate of drug-likeness (QED) is 0.849. The molecule has 3 nitrogen and oxygen atoms in total. The molecule has 3 unspecified atom stereocenters. The van der Waals surface area contributed by atoms with Gasteiger partial charge in [0.05, 0.1) is 5.92 Å². The zero-order valence-corrected chi connectivity index (χ0v) is 14.3. The second-order valence-electron chi connectivity index (χ2n) is 8.35. The number of carboxylic acids is 1. The highest BCUT2D eigenvalue weighted by molar-refractivity contribution is 5.71. The Kier molecular flexibility index (Phi) is 5.34. The first-order chi connectivity index (χ1) is 9.80. The van der Waals surface area contributed by atoms with Crippen molar-refractivity contribution in [1.29, 1.82) is 0 Å². The summed E-state index contributed by atoms with van der Waals surface area (Å²) < 4.78 is 0. The minimum absolute atomic E-state index is 0.171. The van der Waals surface area contributed by atoms with Crippen molar-refractivity contribution in [2.24, 2.45) is 17.3 Å². The lowest BCUT2D eigenvalue weighted by Gasteiger charge is -2.46. The Balaban J connectivity index is 2.11. The summed E-state index contributed by atoms with van der Waals surface area (Å²) in [5.74, 6) is -0.116. The summed E-state index contributed by atoms with van der Waals surface area (Å²) in [4.78, 5) is 14.1.